The van der Waals surface area contributed by atoms with Crippen molar-refractivity contribution in [1.29, 1.82) is 0 Å². The molecule has 7 N–H and O–H groups in total. The van der Waals surface area contributed by atoms with Crippen LogP contribution >= 0.6 is 16.3 Å². The summed E-state index contributed by atoms with van der Waals surface area (Å²) in [6.45, 7) is 0. The molecule has 0 radical (unpaired) electrons. The van der Waals surface area contributed by atoms with Gasteiger partial charge < -0.3 is 24.5 Å². The van der Waals surface area contributed by atoms with Gasteiger partial charge in [0.15, 0.2) is 0 Å². The zero-order valence-electron chi connectivity index (χ0n) is 4.12. The van der Waals surface area contributed by atoms with E-state index in [4.69, 9.17) is 29.0 Å². The van der Waals surface area contributed by atoms with E-state index in [0.29, 0.717) is 0 Å². The van der Waals surface area contributed by atoms with Crippen molar-refractivity contribution in [2.75, 3.05) is 0 Å². The second-order valence-corrected chi connectivity index (χ2v) is 2.50. The van der Waals surface area contributed by atoms with Crippen molar-refractivity contribution < 1.29 is 29.0 Å². The third-order valence-electron chi connectivity index (χ3n) is 0. The van der Waals surface area contributed by atoms with Crippen molar-refractivity contribution in [3.63, 3.8) is 0 Å². The Hall–Kier alpha value is 0.420. The summed E-state index contributed by atoms with van der Waals surface area (Å²) in [6, 6.07) is 0. The van der Waals surface area contributed by atoms with Crippen molar-refractivity contribution in [2.45, 2.75) is 0 Å². The predicted octanol–water partition coefficient (Wildman–Crippen LogP) is -1.77. The summed E-state index contributed by atoms with van der Waals surface area (Å²) in [7, 11) is -6.76. The lowest BCUT2D eigenvalue weighted by Crippen LogP contribution is -1.78. The molecule has 0 saturated heterocycles. The van der Waals surface area contributed by atoms with E-state index in [1.807, 2.05) is 0 Å². The van der Waals surface area contributed by atoms with Crippen molar-refractivity contribution in [2.24, 2.45) is 5.50 Å². The molecule has 0 rings (SSSR count). The molecule has 0 aliphatic heterocycles. The first-order valence-electron chi connectivity index (χ1n) is 1.44. The fourth-order valence-electron chi connectivity index (χ4n) is 0. The molecule has 0 amide bonds. The molecule has 0 bridgehead atoms. The lowest BCUT2D eigenvalue weighted by molar-refractivity contribution is 0.275. The van der Waals surface area contributed by atoms with Gasteiger partial charge >= 0.3 is 7.82 Å². The van der Waals surface area contributed by atoms with Crippen LogP contribution in [0.3, 0.4) is 0 Å². The summed E-state index contributed by atoms with van der Waals surface area (Å²) in [4.78, 5) is 36.5. The fraction of sp³-hybridized carbons (Fsp3) is 0. The van der Waals surface area contributed by atoms with Crippen LogP contribution in [0.15, 0.2) is 0 Å². The van der Waals surface area contributed by atoms with Gasteiger partial charge in [-0.15, -0.1) is 0 Å². The number of hydrogen-bond acceptors (Lipinski definition) is 4. The van der Waals surface area contributed by atoms with E-state index in [-0.39, 0.29) is 0 Å². The van der Waals surface area contributed by atoms with Crippen LogP contribution in [0.5, 0.6) is 0 Å². The number of hydrogen-bond donors (Lipinski definition) is 6. The van der Waals surface area contributed by atoms with E-state index < -0.39 is 16.3 Å². The molecule has 0 spiro atoms. The third kappa shape index (κ3) is 1970. The topological polar surface area (TPSA) is 144 Å². The van der Waals surface area contributed by atoms with Gasteiger partial charge in [0.25, 0.3) is 0 Å². The maximum atomic E-state index is 8.88. The normalized spacial score (nSPS) is 10.6. The van der Waals surface area contributed by atoms with Crippen LogP contribution in [0.1, 0.15) is 0 Å². The molecular formula is H7NO6P2. The molecule has 0 unspecified atom stereocenters. The average molecular weight is 179 g/mol. The highest BCUT2D eigenvalue weighted by Crippen LogP contribution is 2.25. The Kier molecular flexibility index (Phi) is 7.04. The molecule has 0 heterocycles. The Balaban J connectivity index is 0. The highest BCUT2D eigenvalue weighted by molar-refractivity contribution is 7.45. The molecule has 0 aliphatic rings. The van der Waals surface area contributed by atoms with Gasteiger partial charge in [-0.05, 0) is 0 Å². The van der Waals surface area contributed by atoms with Crippen LogP contribution in [0.4, 0.5) is 0 Å². The first kappa shape index (κ1) is 12.1. The average Bonchev–Trinajstić information content (AvgIpc) is 1.19. The molecule has 0 fully saturated rings. The van der Waals surface area contributed by atoms with E-state index in [1.165, 1.54) is 0 Å². The van der Waals surface area contributed by atoms with Gasteiger partial charge in [0.1, 0.15) is 0 Å². The van der Waals surface area contributed by atoms with Gasteiger partial charge in [0, 0.05) is 0 Å². The maximum absolute atomic E-state index is 8.88. The van der Waals surface area contributed by atoms with E-state index in [0.717, 1.165) is 0 Å². The summed E-state index contributed by atoms with van der Waals surface area (Å²) >= 11 is 0. The molecule has 9 heavy (non-hydrogen) atoms. The monoisotopic (exact) mass is 179 g/mol. The number of rotatable bonds is 0. The van der Waals surface area contributed by atoms with Gasteiger partial charge in [-0.1, -0.05) is 0 Å². The largest absolute Gasteiger partial charge is 0.466 e. The van der Waals surface area contributed by atoms with Crippen LogP contribution in [0, 0.1) is 0 Å². The SMILES string of the molecule is NP(O)O.O=P(O)(O)O. The van der Waals surface area contributed by atoms with Crippen molar-refractivity contribution in [3.8, 4) is 0 Å². The minimum Gasteiger partial charge on any atom is -0.338 e. The second kappa shape index (κ2) is 5.22. The molecular weight excluding hydrogens is 172 g/mol. The molecule has 0 aliphatic carbocycles. The van der Waals surface area contributed by atoms with Crippen molar-refractivity contribution in [1.82, 2.24) is 0 Å². The first-order valence-corrected chi connectivity index (χ1v) is 4.32. The van der Waals surface area contributed by atoms with Crippen LogP contribution in [-0.2, 0) is 4.57 Å². The Morgan fingerprint density at radius 3 is 1.22 bits per heavy atom. The van der Waals surface area contributed by atoms with Gasteiger partial charge in [-0.3, -0.25) is 5.50 Å². The van der Waals surface area contributed by atoms with Crippen LogP contribution in [0.25, 0.3) is 0 Å². The first-order chi connectivity index (χ1) is 3.73. The van der Waals surface area contributed by atoms with E-state index >= 15 is 0 Å². The molecule has 0 atom stereocenters. The third-order valence-corrected chi connectivity index (χ3v) is 0. The van der Waals surface area contributed by atoms with E-state index in [1.54, 1.807) is 0 Å². The molecule has 58 valence electrons. The summed E-state index contributed by atoms with van der Waals surface area (Å²) in [5.41, 5.74) is 4.29. The quantitative estimate of drug-likeness (QED) is 0.241. The van der Waals surface area contributed by atoms with Gasteiger partial charge in [-0.2, -0.15) is 0 Å². The Bertz CT molecular complexity index is 82.2. The zero-order valence-corrected chi connectivity index (χ0v) is 5.90. The van der Waals surface area contributed by atoms with Gasteiger partial charge in [0.2, 0.25) is 8.53 Å². The van der Waals surface area contributed by atoms with E-state index in [2.05, 4.69) is 5.50 Å². The van der Waals surface area contributed by atoms with Crippen LogP contribution in [0.2, 0.25) is 0 Å². The second-order valence-electron chi connectivity index (χ2n) is 0.834. The number of nitrogens with two attached hydrogens (primary N) is 1. The Morgan fingerprint density at radius 2 is 1.22 bits per heavy atom. The fourth-order valence-corrected chi connectivity index (χ4v) is 0. The summed E-state index contributed by atoms with van der Waals surface area (Å²) < 4.78 is 8.88. The maximum Gasteiger partial charge on any atom is 0.466 e. The van der Waals surface area contributed by atoms with Crippen molar-refractivity contribution >= 4 is 16.3 Å². The minimum atomic E-state index is -4.64. The minimum absolute atomic E-state index is 2.12. The molecule has 0 aromatic carbocycles. The highest BCUT2D eigenvalue weighted by atomic mass is 31.2. The molecule has 0 aromatic rings. The molecule has 0 aromatic heterocycles. The predicted molar refractivity (Wildman–Crippen MR) is 29.8 cm³/mol. The lowest BCUT2D eigenvalue weighted by atomic mass is 13.9. The molecule has 7 nitrogen and oxygen atoms in total. The summed E-state index contributed by atoms with van der Waals surface area (Å²) in [5, 5.41) is 0. The zero-order chi connectivity index (χ0) is 8.08. The standard InChI is InChI=1S/H4NO2P.H3O4P/c1-4(2)3;1-5(2,3)4/h2-3H,1H2;(H3,1,2,3,4). The molecule has 0 saturated carbocycles. The highest BCUT2D eigenvalue weighted by Gasteiger charge is 2.00. The van der Waals surface area contributed by atoms with Crippen molar-refractivity contribution in [3.05, 3.63) is 0 Å². The van der Waals surface area contributed by atoms with Gasteiger partial charge in [-0.25, -0.2) is 4.57 Å². The summed E-state index contributed by atoms with van der Waals surface area (Å²) in [5.74, 6) is 0. The Labute approximate surface area is 52.0 Å². The van der Waals surface area contributed by atoms with Gasteiger partial charge in [0.05, 0.1) is 0 Å². The summed E-state index contributed by atoms with van der Waals surface area (Å²) in [6.07, 6.45) is 0. The van der Waals surface area contributed by atoms with E-state index in [9.17, 15) is 0 Å². The molecule has 9 heteroatoms. The van der Waals surface area contributed by atoms with Crippen LogP contribution < -0.4 is 5.50 Å². The lowest BCUT2D eigenvalue weighted by Gasteiger charge is -1.82. The number of phosphoric acid groups is 1. The Morgan fingerprint density at radius 1 is 1.22 bits per heavy atom. The smallest absolute Gasteiger partial charge is 0.338 e. The van der Waals surface area contributed by atoms with Crippen LogP contribution in [-0.4, -0.2) is 24.5 Å².